The van der Waals surface area contributed by atoms with Crippen LogP contribution in [0.25, 0.3) is 0 Å². The summed E-state index contributed by atoms with van der Waals surface area (Å²) in [5, 5.41) is 18.7. The summed E-state index contributed by atoms with van der Waals surface area (Å²) in [7, 11) is -4.63. The maximum absolute atomic E-state index is 10.8. The molecule has 1 fully saturated rings. The van der Waals surface area contributed by atoms with Gasteiger partial charge in [0.2, 0.25) is 0 Å². The molecule has 86 valence electrons. The lowest BCUT2D eigenvalue weighted by Crippen LogP contribution is -2.52. The molecule has 0 aromatic carbocycles. The van der Waals surface area contributed by atoms with E-state index in [0.29, 0.717) is 6.08 Å². The smallest absolute Gasteiger partial charge is 0.399 e. The molecule has 0 aromatic rings. The lowest BCUT2D eigenvalue weighted by Gasteiger charge is -2.26. The molecule has 15 heavy (non-hydrogen) atoms. The van der Waals surface area contributed by atoms with Crippen LogP contribution in [-0.4, -0.2) is 36.4 Å². The Balaban J connectivity index is 3.03. The van der Waals surface area contributed by atoms with Gasteiger partial charge in [0, 0.05) is 13.0 Å². The number of esters is 1. The number of carbonyl (C=O) groups is 1. The summed E-state index contributed by atoms with van der Waals surface area (Å²) >= 11 is 0. The monoisotopic (exact) mass is 240 g/mol. The van der Waals surface area contributed by atoms with E-state index >= 15 is 0 Å². The molecule has 1 heterocycles. The fourth-order valence-electron chi connectivity index (χ4n) is 0.774. The first kappa shape index (κ1) is 12.1. The maximum atomic E-state index is 10.8. The van der Waals surface area contributed by atoms with Crippen LogP contribution in [0.4, 0.5) is 0 Å². The van der Waals surface area contributed by atoms with Crippen molar-refractivity contribution in [1.29, 1.82) is 0 Å². The summed E-state index contributed by atoms with van der Waals surface area (Å²) in [5.74, 6) is -7.06. The van der Waals surface area contributed by atoms with Crippen molar-refractivity contribution < 1.29 is 36.5 Å². The van der Waals surface area contributed by atoms with E-state index in [2.05, 4.69) is 19.7 Å². The van der Waals surface area contributed by atoms with Gasteiger partial charge in [0.1, 0.15) is 0 Å². The van der Waals surface area contributed by atoms with E-state index in [-0.39, 0.29) is 0 Å². The Morgan fingerprint density at radius 2 is 2.00 bits per heavy atom. The molecule has 0 spiro atoms. The Labute approximate surface area is 85.0 Å². The third-order valence-corrected chi connectivity index (χ3v) is 2.43. The highest BCUT2D eigenvalue weighted by Crippen LogP contribution is 2.37. The minimum Gasteiger partial charge on any atom is -0.399 e. The van der Waals surface area contributed by atoms with Gasteiger partial charge in [0.05, 0.1) is 0 Å². The van der Waals surface area contributed by atoms with Crippen LogP contribution in [0.2, 0.25) is 0 Å². The van der Waals surface area contributed by atoms with E-state index in [4.69, 9.17) is 0 Å². The summed E-state index contributed by atoms with van der Waals surface area (Å²) in [6.07, 6.45) is 0.641. The van der Waals surface area contributed by atoms with Crippen LogP contribution in [-0.2, 0) is 28.3 Å². The van der Waals surface area contributed by atoms with E-state index in [1.165, 1.54) is 0 Å². The number of rotatable bonds is 2. The molecule has 0 saturated carbocycles. The third-order valence-electron chi connectivity index (χ3n) is 1.47. The second kappa shape index (κ2) is 3.25. The van der Waals surface area contributed by atoms with Gasteiger partial charge in [-0.15, -0.1) is 0 Å². The molecule has 1 rings (SSSR count). The van der Waals surface area contributed by atoms with Crippen LogP contribution in [0, 0.1) is 0 Å². The van der Waals surface area contributed by atoms with E-state index in [1.807, 2.05) is 0 Å². The zero-order valence-corrected chi connectivity index (χ0v) is 8.35. The first-order chi connectivity index (χ1) is 6.62. The molecule has 2 N–H and O–H groups in total. The van der Waals surface area contributed by atoms with Crippen molar-refractivity contribution in [2.45, 2.75) is 18.7 Å². The molecule has 0 radical (unpaired) electrons. The molecule has 2 unspecified atom stereocenters. The lowest BCUT2D eigenvalue weighted by molar-refractivity contribution is -0.387. The standard InChI is InChI=1S/C6H8O8S/c1-3-4(7)12-6(9)5(2,8)13-15(10,11)14-6/h3,8-9H,1H2,2H3. The Hall–Kier alpha value is -1.00. The van der Waals surface area contributed by atoms with Gasteiger partial charge in [-0.2, -0.15) is 12.6 Å². The predicted octanol–water partition coefficient (Wildman–Crippen LogP) is -1.64. The van der Waals surface area contributed by atoms with Gasteiger partial charge in [-0.1, -0.05) is 6.58 Å². The molecule has 9 heteroatoms. The summed E-state index contributed by atoms with van der Waals surface area (Å²) in [6, 6.07) is 0. The molecule has 0 bridgehead atoms. The van der Waals surface area contributed by atoms with Gasteiger partial charge >= 0.3 is 22.3 Å². The Morgan fingerprint density at radius 1 is 1.47 bits per heavy atom. The molecule has 1 aliphatic heterocycles. The van der Waals surface area contributed by atoms with Crippen LogP contribution in [0.3, 0.4) is 0 Å². The largest absolute Gasteiger partial charge is 0.408 e. The molecule has 2 atom stereocenters. The van der Waals surface area contributed by atoms with Crippen molar-refractivity contribution in [3.8, 4) is 0 Å². The topological polar surface area (TPSA) is 119 Å². The van der Waals surface area contributed by atoms with Crippen molar-refractivity contribution in [3.05, 3.63) is 12.7 Å². The summed E-state index contributed by atoms with van der Waals surface area (Å²) in [6.45, 7) is 3.75. The summed E-state index contributed by atoms with van der Waals surface area (Å²) < 4.78 is 33.5. The minimum atomic E-state index is -4.63. The second-order valence-electron chi connectivity index (χ2n) is 2.76. The number of carbonyl (C=O) groups excluding carboxylic acids is 1. The Morgan fingerprint density at radius 3 is 2.33 bits per heavy atom. The average Bonchev–Trinajstić information content (AvgIpc) is 2.14. The van der Waals surface area contributed by atoms with Crippen LogP contribution < -0.4 is 0 Å². The highest BCUT2D eigenvalue weighted by molar-refractivity contribution is 7.82. The normalized spacial score (nSPS) is 38.6. The molecule has 0 aliphatic carbocycles. The van der Waals surface area contributed by atoms with Crippen molar-refractivity contribution >= 4 is 16.4 Å². The molecular formula is C6H8O8S. The van der Waals surface area contributed by atoms with Crippen LogP contribution in [0.5, 0.6) is 0 Å². The second-order valence-corrected chi connectivity index (χ2v) is 3.91. The van der Waals surface area contributed by atoms with Crippen molar-refractivity contribution in [1.82, 2.24) is 0 Å². The van der Waals surface area contributed by atoms with Gasteiger partial charge in [-0.25, -0.2) is 8.98 Å². The van der Waals surface area contributed by atoms with Crippen molar-refractivity contribution in [2.24, 2.45) is 0 Å². The van der Waals surface area contributed by atoms with Crippen LogP contribution >= 0.6 is 0 Å². The van der Waals surface area contributed by atoms with Gasteiger partial charge in [-0.05, 0) is 0 Å². The Bertz CT molecular complexity index is 395. The molecule has 0 aromatic heterocycles. The highest BCUT2D eigenvalue weighted by atomic mass is 32.3. The van der Waals surface area contributed by atoms with Gasteiger partial charge in [0.15, 0.2) is 0 Å². The number of hydrogen-bond acceptors (Lipinski definition) is 8. The molecule has 8 nitrogen and oxygen atoms in total. The molecular weight excluding hydrogens is 232 g/mol. The minimum absolute atomic E-state index is 0.641. The Kier molecular flexibility index (Phi) is 2.62. The zero-order valence-electron chi connectivity index (χ0n) is 7.54. The van der Waals surface area contributed by atoms with Gasteiger partial charge in [-0.3, -0.25) is 0 Å². The van der Waals surface area contributed by atoms with Crippen molar-refractivity contribution in [2.75, 3.05) is 0 Å². The number of ether oxygens (including phenoxy) is 1. The average molecular weight is 240 g/mol. The zero-order chi connectivity index (χ0) is 11.9. The predicted molar refractivity (Wildman–Crippen MR) is 43.0 cm³/mol. The van der Waals surface area contributed by atoms with E-state index < -0.39 is 28.1 Å². The number of hydrogen-bond donors (Lipinski definition) is 2. The molecule has 1 aliphatic rings. The van der Waals surface area contributed by atoms with Crippen LogP contribution in [0.1, 0.15) is 6.92 Å². The maximum Gasteiger partial charge on any atom is 0.408 e. The quantitative estimate of drug-likeness (QED) is 0.335. The fourth-order valence-corrected chi connectivity index (χ4v) is 1.78. The van der Waals surface area contributed by atoms with Gasteiger partial charge in [0.25, 0.3) is 5.79 Å². The SMILES string of the molecule is C=CC(=O)OC1(O)OS(=O)(=O)OC1(C)O. The van der Waals surface area contributed by atoms with Crippen molar-refractivity contribution in [3.63, 3.8) is 0 Å². The summed E-state index contributed by atoms with van der Waals surface area (Å²) in [5.41, 5.74) is 0. The highest BCUT2D eigenvalue weighted by Gasteiger charge is 2.65. The lowest BCUT2D eigenvalue weighted by atomic mass is 10.3. The molecule has 1 saturated heterocycles. The van der Waals surface area contributed by atoms with Gasteiger partial charge < -0.3 is 14.9 Å². The van der Waals surface area contributed by atoms with E-state index in [0.717, 1.165) is 6.92 Å². The van der Waals surface area contributed by atoms with E-state index in [1.54, 1.807) is 0 Å². The third kappa shape index (κ3) is 2.16. The van der Waals surface area contributed by atoms with E-state index in [9.17, 15) is 23.4 Å². The summed E-state index contributed by atoms with van der Waals surface area (Å²) in [4.78, 5) is 10.7. The molecule has 0 amide bonds. The first-order valence-electron chi connectivity index (χ1n) is 3.58. The fraction of sp³-hybridized carbons (Fsp3) is 0.500. The number of aliphatic hydroxyl groups is 2. The first-order valence-corrected chi connectivity index (χ1v) is 4.91. The van der Waals surface area contributed by atoms with Crippen LogP contribution in [0.15, 0.2) is 12.7 Å².